The van der Waals surface area contributed by atoms with Gasteiger partial charge in [-0.1, -0.05) is 50.9 Å². The number of anilines is 1. The van der Waals surface area contributed by atoms with Crippen molar-refractivity contribution in [1.29, 1.82) is 0 Å². The van der Waals surface area contributed by atoms with Gasteiger partial charge in [0.15, 0.2) is 11.5 Å². The molecular weight excluding hydrogens is 498 g/mol. The fourth-order valence-electron chi connectivity index (χ4n) is 6.38. The number of carbonyl (C=O) groups is 3. The molecule has 8 heteroatoms. The van der Waals surface area contributed by atoms with Gasteiger partial charge in [0.05, 0.1) is 6.61 Å². The molecule has 7 nitrogen and oxygen atoms in total. The topological polar surface area (TPSA) is 113 Å². The van der Waals surface area contributed by atoms with Gasteiger partial charge in [0, 0.05) is 13.5 Å². The van der Waals surface area contributed by atoms with E-state index in [2.05, 4.69) is 37.6 Å². The van der Waals surface area contributed by atoms with Crippen molar-refractivity contribution in [3.05, 3.63) is 54.2 Å². The van der Waals surface area contributed by atoms with Gasteiger partial charge in [-0.3, -0.25) is 9.59 Å². The first kappa shape index (κ1) is 27.9. The Balaban J connectivity index is 1.44. The summed E-state index contributed by atoms with van der Waals surface area (Å²) in [4.78, 5) is 38.3. The third-order valence-electron chi connectivity index (χ3n) is 8.72. The maximum Gasteiger partial charge on any atom is 0.341 e. The summed E-state index contributed by atoms with van der Waals surface area (Å²) in [5.74, 6) is -1.51. The molecule has 0 aliphatic heterocycles. The Hall–Kier alpha value is -3.13. The van der Waals surface area contributed by atoms with Crippen LogP contribution in [-0.4, -0.2) is 42.6 Å². The number of nitrogens with one attached hydrogen (secondary N) is 1. The average molecular weight is 538 g/mol. The van der Waals surface area contributed by atoms with Crippen LogP contribution in [0.1, 0.15) is 49.4 Å². The number of ether oxygens (including phenoxy) is 1. The van der Waals surface area contributed by atoms with Crippen molar-refractivity contribution in [2.45, 2.75) is 64.7 Å². The second kappa shape index (κ2) is 10.2. The molecule has 38 heavy (non-hydrogen) atoms. The molecule has 204 valence electrons. The number of rotatable bonds is 8. The van der Waals surface area contributed by atoms with Crippen molar-refractivity contribution in [2.24, 2.45) is 22.7 Å². The molecule has 0 aromatic heterocycles. The Labute approximate surface area is 225 Å². The maximum atomic E-state index is 13.1. The summed E-state index contributed by atoms with van der Waals surface area (Å²) in [6.45, 7) is 13.0. The zero-order valence-corrected chi connectivity index (χ0v) is 23.8. The summed E-state index contributed by atoms with van der Waals surface area (Å²) in [5.41, 5.74) is 0.236. The number of phenolic OH excluding ortho intramolecular Hbond substituents is 2. The molecule has 0 saturated heterocycles. The molecule has 1 aromatic carbocycles. The maximum absolute atomic E-state index is 13.1. The van der Waals surface area contributed by atoms with Gasteiger partial charge in [0.25, 0.3) is 0 Å². The lowest BCUT2D eigenvalue weighted by Gasteiger charge is -2.59. The van der Waals surface area contributed by atoms with Crippen LogP contribution in [0.3, 0.4) is 0 Å². The fourth-order valence-corrected chi connectivity index (χ4v) is 7.09. The van der Waals surface area contributed by atoms with E-state index in [0.717, 1.165) is 31.7 Å². The molecule has 3 saturated carbocycles. The van der Waals surface area contributed by atoms with E-state index >= 15 is 0 Å². The van der Waals surface area contributed by atoms with Gasteiger partial charge < -0.3 is 20.3 Å². The monoisotopic (exact) mass is 537 g/mol. The third-order valence-corrected chi connectivity index (χ3v) is 10.4. The minimum absolute atomic E-state index is 0.0354. The summed E-state index contributed by atoms with van der Waals surface area (Å²) in [5, 5.41) is 23.3. The van der Waals surface area contributed by atoms with Crippen LogP contribution < -0.4 is 5.32 Å². The van der Waals surface area contributed by atoms with Gasteiger partial charge in [-0.25, -0.2) is 4.79 Å². The van der Waals surface area contributed by atoms with Crippen LogP contribution in [0.25, 0.3) is 0 Å². The van der Waals surface area contributed by atoms with E-state index in [1.54, 1.807) is 12.2 Å². The van der Waals surface area contributed by atoms with Gasteiger partial charge in [0.2, 0.25) is 5.91 Å². The minimum atomic E-state index is -1.41. The number of hydrogen-bond donors (Lipinski definition) is 3. The highest BCUT2D eigenvalue weighted by Gasteiger charge is 2.57. The lowest BCUT2D eigenvalue weighted by atomic mass is 9.44. The highest BCUT2D eigenvalue weighted by atomic mass is 28.3. The third kappa shape index (κ3) is 5.37. The van der Waals surface area contributed by atoms with Crippen molar-refractivity contribution in [3.63, 3.8) is 0 Å². The number of hydrogen-bond acceptors (Lipinski definition) is 6. The van der Waals surface area contributed by atoms with Crippen molar-refractivity contribution in [3.8, 4) is 11.5 Å². The number of carbonyl (C=O) groups excluding carboxylic acids is 3. The van der Waals surface area contributed by atoms with Gasteiger partial charge in [-0.2, -0.15) is 0 Å². The molecule has 1 aromatic rings. The first-order valence-corrected chi connectivity index (χ1v) is 17.1. The number of aromatic hydroxyl groups is 2. The molecule has 2 bridgehead atoms. The van der Waals surface area contributed by atoms with Crippen molar-refractivity contribution in [2.75, 3.05) is 11.9 Å². The predicted molar refractivity (Wildman–Crippen MR) is 150 cm³/mol. The van der Waals surface area contributed by atoms with Gasteiger partial charge in [0.1, 0.15) is 17.0 Å². The zero-order chi connectivity index (χ0) is 27.9. The van der Waals surface area contributed by atoms with Crippen LogP contribution in [0.2, 0.25) is 25.7 Å². The Bertz CT molecular complexity index is 1230. The Kier molecular flexibility index (Phi) is 7.49. The first-order chi connectivity index (χ1) is 17.8. The standard InChI is InChI=1S/C30H39NO6Si/c1-19-18-30-13-10-20(19)17-23(30)29(2,24(33)11-14-30)12-6-7-25(34)31-26-22(32)9-8-21(27(26)35)28(36)37-15-16-38(3,4)5/h6-9,11,14,20,23,32,35H,1,10,12-13,15-18H2,2-5H3,(H,31,34)/b7-6+/t20-,23?,29+,30+/m0/s1. The molecule has 1 unspecified atom stereocenters. The van der Waals surface area contributed by atoms with E-state index in [4.69, 9.17) is 4.74 Å². The van der Waals surface area contributed by atoms with Crippen LogP contribution in [0.5, 0.6) is 11.5 Å². The molecule has 0 heterocycles. The number of benzene rings is 1. The van der Waals surface area contributed by atoms with E-state index in [-0.39, 0.29) is 40.7 Å². The number of ketones is 1. The second-order valence-corrected chi connectivity index (χ2v) is 18.2. The smallest absolute Gasteiger partial charge is 0.341 e. The molecule has 4 aliphatic rings. The molecule has 1 spiro atoms. The molecule has 1 amide bonds. The Morgan fingerprint density at radius 1 is 1.26 bits per heavy atom. The molecule has 4 aliphatic carbocycles. The number of esters is 1. The molecule has 0 radical (unpaired) electrons. The van der Waals surface area contributed by atoms with Crippen molar-refractivity contribution >= 4 is 31.4 Å². The highest BCUT2D eigenvalue weighted by Crippen LogP contribution is 2.64. The molecule has 4 atom stereocenters. The van der Waals surface area contributed by atoms with Crippen molar-refractivity contribution in [1.82, 2.24) is 0 Å². The van der Waals surface area contributed by atoms with Crippen LogP contribution >= 0.6 is 0 Å². The average Bonchev–Trinajstić information content (AvgIpc) is 2.83. The lowest BCUT2D eigenvalue weighted by molar-refractivity contribution is -0.134. The zero-order valence-electron chi connectivity index (χ0n) is 22.8. The SMILES string of the molecule is C=C1C[C@@]23C=CC(=O)[C@](C)(C/C=C/C(=O)Nc4c(O)ccc(C(=O)OCC[Si](C)(C)C)c4O)C2C[C@@H]1CC3. The Morgan fingerprint density at radius 3 is 2.68 bits per heavy atom. The molecular formula is C30H39NO6Si. The Morgan fingerprint density at radius 2 is 2.00 bits per heavy atom. The predicted octanol–water partition coefficient (Wildman–Crippen LogP) is 5.99. The van der Waals surface area contributed by atoms with E-state index in [1.165, 1.54) is 23.8 Å². The van der Waals surface area contributed by atoms with Crippen LogP contribution in [0.15, 0.2) is 48.6 Å². The van der Waals surface area contributed by atoms with E-state index in [0.29, 0.717) is 12.3 Å². The molecule has 3 fully saturated rings. The largest absolute Gasteiger partial charge is 0.506 e. The first-order valence-electron chi connectivity index (χ1n) is 13.4. The van der Waals surface area contributed by atoms with Crippen LogP contribution in [0, 0.1) is 22.7 Å². The minimum Gasteiger partial charge on any atom is -0.506 e. The van der Waals surface area contributed by atoms with Gasteiger partial charge >= 0.3 is 5.97 Å². The molecule has 5 rings (SSSR count). The van der Waals surface area contributed by atoms with Gasteiger partial charge in [-0.15, -0.1) is 0 Å². The molecule has 3 N–H and O–H groups in total. The fraction of sp³-hybridized carbons (Fsp3) is 0.500. The number of amides is 1. The summed E-state index contributed by atoms with van der Waals surface area (Å²) in [7, 11) is -1.41. The normalized spacial score (nSPS) is 28.4. The second-order valence-electron chi connectivity index (χ2n) is 12.6. The number of allylic oxidation sites excluding steroid dienone is 4. The van der Waals surface area contributed by atoms with Gasteiger partial charge in [-0.05, 0) is 79.7 Å². The summed E-state index contributed by atoms with van der Waals surface area (Å²) in [6, 6.07) is 3.27. The quantitative estimate of drug-likeness (QED) is 0.124. The highest BCUT2D eigenvalue weighted by molar-refractivity contribution is 6.76. The summed E-state index contributed by atoms with van der Waals surface area (Å²) < 4.78 is 5.29. The number of phenols is 2. The summed E-state index contributed by atoms with van der Waals surface area (Å²) >= 11 is 0. The lowest BCUT2D eigenvalue weighted by Crippen LogP contribution is -2.53. The van der Waals surface area contributed by atoms with Crippen LogP contribution in [0.4, 0.5) is 5.69 Å². The van der Waals surface area contributed by atoms with Crippen molar-refractivity contribution < 1.29 is 29.3 Å². The number of fused-ring (bicyclic) bond motifs is 2. The summed E-state index contributed by atoms with van der Waals surface area (Å²) in [6.07, 6.45) is 11.2. The van der Waals surface area contributed by atoms with E-state index < -0.39 is 31.1 Å². The van der Waals surface area contributed by atoms with Crippen LogP contribution in [-0.2, 0) is 14.3 Å². The van der Waals surface area contributed by atoms with E-state index in [1.807, 2.05) is 6.92 Å². The van der Waals surface area contributed by atoms with E-state index in [9.17, 15) is 24.6 Å².